The van der Waals surface area contributed by atoms with Gasteiger partial charge in [-0.05, 0) is 42.0 Å². The Labute approximate surface area is 139 Å². The van der Waals surface area contributed by atoms with Crippen LogP contribution in [0.3, 0.4) is 0 Å². The number of furan rings is 1. The van der Waals surface area contributed by atoms with Crippen molar-refractivity contribution in [2.45, 2.75) is 12.5 Å². The normalized spacial score (nSPS) is 17.3. The highest BCUT2D eigenvalue weighted by atomic mass is 35.5. The number of hydrogen-bond donors (Lipinski definition) is 0. The highest BCUT2D eigenvalue weighted by Gasteiger charge is 2.30. The molecule has 1 aliphatic heterocycles. The van der Waals surface area contributed by atoms with Gasteiger partial charge in [0.2, 0.25) is 0 Å². The SMILES string of the molecule is Clc1ccc(N2N=C(c3ccco3)C[C@@H]2c2ccccc2)cc1. The van der Waals surface area contributed by atoms with Crippen LogP contribution in [0.5, 0.6) is 0 Å². The first-order valence-corrected chi connectivity index (χ1v) is 7.90. The summed E-state index contributed by atoms with van der Waals surface area (Å²) in [6.07, 6.45) is 2.49. The summed E-state index contributed by atoms with van der Waals surface area (Å²) in [4.78, 5) is 0. The zero-order valence-electron chi connectivity index (χ0n) is 12.4. The third-order valence-corrected chi connectivity index (χ3v) is 4.24. The van der Waals surface area contributed by atoms with E-state index in [1.54, 1.807) is 6.26 Å². The van der Waals surface area contributed by atoms with Crippen molar-refractivity contribution in [1.29, 1.82) is 0 Å². The molecular formula is C19H15ClN2O. The van der Waals surface area contributed by atoms with Gasteiger partial charge in [-0.2, -0.15) is 5.10 Å². The number of halogens is 1. The van der Waals surface area contributed by atoms with Crippen LogP contribution in [0.2, 0.25) is 5.02 Å². The lowest BCUT2D eigenvalue weighted by Crippen LogP contribution is -2.18. The van der Waals surface area contributed by atoms with Gasteiger partial charge in [0.1, 0.15) is 11.5 Å². The second-order valence-corrected chi connectivity index (χ2v) is 5.91. The lowest BCUT2D eigenvalue weighted by atomic mass is 10.0. The Kier molecular flexibility index (Phi) is 3.64. The van der Waals surface area contributed by atoms with Crippen molar-refractivity contribution in [3.05, 3.63) is 89.3 Å². The van der Waals surface area contributed by atoms with Crippen LogP contribution in [-0.4, -0.2) is 5.71 Å². The van der Waals surface area contributed by atoms with E-state index in [4.69, 9.17) is 21.1 Å². The van der Waals surface area contributed by atoms with Gasteiger partial charge < -0.3 is 4.42 Å². The van der Waals surface area contributed by atoms with E-state index < -0.39 is 0 Å². The molecule has 3 aromatic rings. The Balaban J connectivity index is 1.75. The summed E-state index contributed by atoms with van der Waals surface area (Å²) < 4.78 is 5.53. The summed E-state index contributed by atoms with van der Waals surface area (Å²) in [6, 6.07) is 22.2. The largest absolute Gasteiger partial charge is 0.463 e. The number of nitrogens with zero attached hydrogens (tertiary/aromatic N) is 2. The Morgan fingerprint density at radius 1 is 0.957 bits per heavy atom. The fourth-order valence-corrected chi connectivity index (χ4v) is 2.99. The van der Waals surface area contributed by atoms with E-state index in [1.807, 2.05) is 47.5 Å². The van der Waals surface area contributed by atoms with Crippen molar-refractivity contribution >= 4 is 23.0 Å². The fraction of sp³-hybridized carbons (Fsp3) is 0.105. The number of hydrogen-bond acceptors (Lipinski definition) is 3. The van der Waals surface area contributed by atoms with Gasteiger partial charge in [-0.25, -0.2) is 0 Å². The Morgan fingerprint density at radius 2 is 1.74 bits per heavy atom. The van der Waals surface area contributed by atoms with Crippen LogP contribution in [0.1, 0.15) is 23.8 Å². The van der Waals surface area contributed by atoms with Crippen LogP contribution < -0.4 is 5.01 Å². The summed E-state index contributed by atoms with van der Waals surface area (Å²) in [7, 11) is 0. The predicted molar refractivity (Wildman–Crippen MR) is 93.0 cm³/mol. The molecule has 1 aromatic heterocycles. The molecule has 3 nitrogen and oxygen atoms in total. The van der Waals surface area contributed by atoms with E-state index >= 15 is 0 Å². The minimum Gasteiger partial charge on any atom is -0.463 e. The van der Waals surface area contributed by atoms with E-state index in [1.165, 1.54) is 5.56 Å². The topological polar surface area (TPSA) is 28.7 Å². The molecule has 0 fully saturated rings. The molecule has 23 heavy (non-hydrogen) atoms. The third-order valence-electron chi connectivity index (χ3n) is 3.99. The quantitative estimate of drug-likeness (QED) is 0.655. The van der Waals surface area contributed by atoms with Gasteiger partial charge >= 0.3 is 0 Å². The van der Waals surface area contributed by atoms with Crippen LogP contribution in [0.25, 0.3) is 0 Å². The average Bonchev–Trinajstić information content (AvgIpc) is 3.26. The number of benzene rings is 2. The molecular weight excluding hydrogens is 308 g/mol. The van der Waals surface area contributed by atoms with Crippen molar-refractivity contribution in [1.82, 2.24) is 0 Å². The maximum Gasteiger partial charge on any atom is 0.149 e. The zero-order valence-corrected chi connectivity index (χ0v) is 13.1. The van der Waals surface area contributed by atoms with Gasteiger partial charge in [-0.3, -0.25) is 5.01 Å². The molecule has 0 amide bonds. The van der Waals surface area contributed by atoms with Crippen molar-refractivity contribution in [3.63, 3.8) is 0 Å². The standard InChI is InChI=1S/C19H15ClN2O/c20-15-8-10-16(11-9-15)22-18(14-5-2-1-3-6-14)13-17(21-22)19-7-4-12-23-19/h1-12,18H,13H2/t18-/m1/s1. The van der Waals surface area contributed by atoms with Crippen LogP contribution in [0, 0.1) is 0 Å². The molecule has 4 heteroatoms. The molecule has 2 aromatic carbocycles. The van der Waals surface area contributed by atoms with E-state index in [-0.39, 0.29) is 6.04 Å². The number of anilines is 1. The second-order valence-electron chi connectivity index (χ2n) is 5.48. The van der Waals surface area contributed by atoms with Crippen LogP contribution in [-0.2, 0) is 0 Å². The molecule has 1 aliphatic rings. The molecule has 0 spiro atoms. The van der Waals surface area contributed by atoms with Gasteiger partial charge in [0.15, 0.2) is 0 Å². The summed E-state index contributed by atoms with van der Waals surface area (Å²) in [6.45, 7) is 0. The predicted octanol–water partition coefficient (Wildman–Crippen LogP) is 5.29. The Hall–Kier alpha value is -2.52. The van der Waals surface area contributed by atoms with E-state index in [9.17, 15) is 0 Å². The third kappa shape index (κ3) is 2.76. The Bertz CT molecular complexity index is 810. The maximum atomic E-state index is 6.01. The van der Waals surface area contributed by atoms with Crippen molar-refractivity contribution in [2.24, 2.45) is 5.10 Å². The van der Waals surface area contributed by atoms with Gasteiger partial charge in [0.25, 0.3) is 0 Å². The molecule has 0 N–H and O–H groups in total. The molecule has 0 saturated heterocycles. The fourth-order valence-electron chi connectivity index (χ4n) is 2.87. The van der Waals surface area contributed by atoms with Gasteiger partial charge in [0.05, 0.1) is 18.0 Å². The van der Waals surface area contributed by atoms with Gasteiger partial charge in [0, 0.05) is 11.4 Å². The maximum absolute atomic E-state index is 6.01. The molecule has 0 bridgehead atoms. The molecule has 0 radical (unpaired) electrons. The van der Waals surface area contributed by atoms with Crippen LogP contribution >= 0.6 is 11.6 Å². The second kappa shape index (κ2) is 5.94. The summed E-state index contributed by atoms with van der Waals surface area (Å²) >= 11 is 6.01. The molecule has 2 heterocycles. The average molecular weight is 323 g/mol. The van der Waals surface area contributed by atoms with Gasteiger partial charge in [-0.1, -0.05) is 41.9 Å². The first-order chi connectivity index (χ1) is 11.3. The number of rotatable bonds is 3. The minimum absolute atomic E-state index is 0.150. The molecule has 0 unspecified atom stereocenters. The zero-order chi connectivity index (χ0) is 15.6. The molecule has 1 atom stereocenters. The van der Waals surface area contributed by atoms with Crippen LogP contribution in [0.4, 0.5) is 5.69 Å². The van der Waals surface area contributed by atoms with Crippen molar-refractivity contribution < 1.29 is 4.42 Å². The van der Waals surface area contributed by atoms with Crippen LogP contribution in [0.15, 0.2) is 82.5 Å². The summed E-state index contributed by atoms with van der Waals surface area (Å²) in [5, 5.41) is 7.57. The minimum atomic E-state index is 0.150. The molecule has 0 aliphatic carbocycles. The monoisotopic (exact) mass is 322 g/mol. The van der Waals surface area contributed by atoms with E-state index in [0.29, 0.717) is 0 Å². The molecule has 4 rings (SSSR count). The Morgan fingerprint density at radius 3 is 2.43 bits per heavy atom. The number of hydrazone groups is 1. The first-order valence-electron chi connectivity index (χ1n) is 7.52. The van der Waals surface area contributed by atoms with Gasteiger partial charge in [-0.15, -0.1) is 0 Å². The summed E-state index contributed by atoms with van der Waals surface area (Å²) in [5.74, 6) is 0.822. The van der Waals surface area contributed by atoms with E-state index in [2.05, 4.69) is 24.3 Å². The van der Waals surface area contributed by atoms with Crippen molar-refractivity contribution in [2.75, 3.05) is 5.01 Å². The summed E-state index contributed by atoms with van der Waals surface area (Å²) in [5.41, 5.74) is 3.20. The smallest absolute Gasteiger partial charge is 0.149 e. The first kappa shape index (κ1) is 14.1. The highest BCUT2D eigenvalue weighted by Crippen LogP contribution is 2.36. The lowest BCUT2D eigenvalue weighted by Gasteiger charge is -2.24. The molecule has 114 valence electrons. The van der Waals surface area contributed by atoms with E-state index in [0.717, 1.165) is 28.6 Å². The molecule has 0 saturated carbocycles. The highest BCUT2D eigenvalue weighted by molar-refractivity contribution is 6.30. The lowest BCUT2D eigenvalue weighted by molar-refractivity contribution is 0.556. The van der Waals surface area contributed by atoms with Crippen molar-refractivity contribution in [3.8, 4) is 0 Å².